The Morgan fingerprint density at radius 3 is 2.92 bits per heavy atom. The summed E-state index contributed by atoms with van der Waals surface area (Å²) in [6.07, 6.45) is 0. The molecule has 128 valence electrons. The average Bonchev–Trinajstić information content (AvgIpc) is 3.31. The maximum absolute atomic E-state index is 12.3. The second kappa shape index (κ2) is 6.74. The number of fused-ring (bicyclic) bond motifs is 1. The van der Waals surface area contributed by atoms with E-state index in [-0.39, 0.29) is 12.7 Å². The first-order valence-corrected chi connectivity index (χ1v) is 8.53. The molecule has 1 aliphatic rings. The zero-order chi connectivity index (χ0) is 17.9. The molecule has 1 aromatic heterocycles. The molecule has 0 bridgehead atoms. The van der Waals surface area contributed by atoms with Crippen LogP contribution in [-0.2, 0) is 0 Å². The van der Waals surface area contributed by atoms with Crippen molar-refractivity contribution in [3.8, 4) is 17.6 Å². The van der Waals surface area contributed by atoms with E-state index in [2.05, 4.69) is 15.6 Å². The Kier molecular flexibility index (Phi) is 4.13. The molecule has 4 rings (SSSR count). The van der Waals surface area contributed by atoms with Gasteiger partial charge in [0.1, 0.15) is 5.69 Å². The molecule has 7 nitrogen and oxygen atoms in total. The number of thiazole rings is 1. The quantitative estimate of drug-likeness (QED) is 0.732. The maximum Gasteiger partial charge on any atom is 0.275 e. The van der Waals surface area contributed by atoms with E-state index in [4.69, 9.17) is 14.7 Å². The third-order valence-corrected chi connectivity index (χ3v) is 4.37. The summed E-state index contributed by atoms with van der Waals surface area (Å²) < 4.78 is 10.6. The SMILES string of the molecule is N#Cc1cccc(NC(=O)c2csc(Nc3ccc4c(c3)OCO4)n2)c1. The maximum atomic E-state index is 12.3. The van der Waals surface area contributed by atoms with Gasteiger partial charge in [-0.15, -0.1) is 11.3 Å². The topological polar surface area (TPSA) is 96.3 Å². The Hall–Kier alpha value is -3.57. The number of ether oxygens (including phenoxy) is 2. The lowest BCUT2D eigenvalue weighted by molar-refractivity contribution is 0.102. The lowest BCUT2D eigenvalue weighted by Gasteiger charge is -2.04. The van der Waals surface area contributed by atoms with Crippen LogP contribution in [0.3, 0.4) is 0 Å². The molecule has 0 saturated carbocycles. The number of nitriles is 1. The molecular formula is C18H12N4O3S. The Balaban J connectivity index is 1.45. The smallest absolute Gasteiger partial charge is 0.275 e. The third-order valence-electron chi connectivity index (χ3n) is 3.61. The molecule has 0 radical (unpaired) electrons. The number of benzene rings is 2. The van der Waals surface area contributed by atoms with Crippen molar-refractivity contribution in [3.63, 3.8) is 0 Å². The van der Waals surface area contributed by atoms with Gasteiger partial charge < -0.3 is 20.1 Å². The summed E-state index contributed by atoms with van der Waals surface area (Å²) in [4.78, 5) is 16.6. The van der Waals surface area contributed by atoms with Gasteiger partial charge in [-0.3, -0.25) is 4.79 Å². The summed E-state index contributed by atoms with van der Waals surface area (Å²) in [7, 11) is 0. The molecule has 0 unspecified atom stereocenters. The molecule has 0 saturated heterocycles. The van der Waals surface area contributed by atoms with E-state index < -0.39 is 0 Å². The summed E-state index contributed by atoms with van der Waals surface area (Å²) in [5.41, 5.74) is 2.11. The van der Waals surface area contributed by atoms with Crippen LogP contribution in [0.2, 0.25) is 0 Å². The predicted octanol–water partition coefficient (Wildman–Crippen LogP) is 3.74. The number of carbonyl (C=O) groups excluding carboxylic acids is 1. The van der Waals surface area contributed by atoms with Crippen molar-refractivity contribution in [2.24, 2.45) is 0 Å². The van der Waals surface area contributed by atoms with E-state index in [9.17, 15) is 4.79 Å². The molecule has 2 aromatic carbocycles. The molecule has 2 N–H and O–H groups in total. The van der Waals surface area contributed by atoms with Crippen molar-refractivity contribution < 1.29 is 14.3 Å². The minimum Gasteiger partial charge on any atom is -0.454 e. The van der Waals surface area contributed by atoms with E-state index in [1.165, 1.54) is 11.3 Å². The van der Waals surface area contributed by atoms with Gasteiger partial charge in [-0.1, -0.05) is 6.07 Å². The molecule has 0 spiro atoms. The summed E-state index contributed by atoms with van der Waals surface area (Å²) in [6.45, 7) is 0.216. The highest BCUT2D eigenvalue weighted by molar-refractivity contribution is 7.14. The number of hydrogen-bond acceptors (Lipinski definition) is 7. The Labute approximate surface area is 152 Å². The highest BCUT2D eigenvalue weighted by Crippen LogP contribution is 2.35. The second-order valence-corrected chi connectivity index (χ2v) is 6.24. The van der Waals surface area contributed by atoms with Crippen LogP contribution in [0, 0.1) is 11.3 Å². The van der Waals surface area contributed by atoms with Crippen molar-refractivity contribution in [3.05, 3.63) is 59.1 Å². The summed E-state index contributed by atoms with van der Waals surface area (Å²) in [5.74, 6) is 1.03. The number of amides is 1. The van der Waals surface area contributed by atoms with E-state index in [1.54, 1.807) is 29.6 Å². The third kappa shape index (κ3) is 3.29. The molecule has 0 atom stereocenters. The number of nitrogens with one attached hydrogen (secondary N) is 2. The number of aromatic nitrogens is 1. The minimum atomic E-state index is -0.338. The lowest BCUT2D eigenvalue weighted by Crippen LogP contribution is -2.12. The first kappa shape index (κ1) is 15.9. The van der Waals surface area contributed by atoms with Crippen LogP contribution >= 0.6 is 11.3 Å². The zero-order valence-corrected chi connectivity index (χ0v) is 14.2. The highest BCUT2D eigenvalue weighted by Gasteiger charge is 2.15. The fourth-order valence-corrected chi connectivity index (χ4v) is 3.11. The molecule has 3 aromatic rings. The van der Waals surface area contributed by atoms with Crippen molar-refractivity contribution in [2.75, 3.05) is 17.4 Å². The molecule has 2 heterocycles. The fourth-order valence-electron chi connectivity index (χ4n) is 2.39. The monoisotopic (exact) mass is 364 g/mol. The van der Waals surface area contributed by atoms with Gasteiger partial charge in [0, 0.05) is 22.8 Å². The fraction of sp³-hybridized carbons (Fsp3) is 0.0556. The average molecular weight is 364 g/mol. The predicted molar refractivity (Wildman–Crippen MR) is 97.1 cm³/mol. The second-order valence-electron chi connectivity index (χ2n) is 5.38. The molecule has 1 aliphatic heterocycles. The number of carbonyl (C=O) groups is 1. The van der Waals surface area contributed by atoms with Gasteiger partial charge in [0.25, 0.3) is 5.91 Å². The molecule has 1 amide bonds. The van der Waals surface area contributed by atoms with Gasteiger partial charge in [-0.05, 0) is 30.3 Å². The summed E-state index contributed by atoms with van der Waals surface area (Å²) in [6, 6.07) is 14.2. The Morgan fingerprint density at radius 1 is 1.15 bits per heavy atom. The van der Waals surface area contributed by atoms with Gasteiger partial charge >= 0.3 is 0 Å². The van der Waals surface area contributed by atoms with E-state index in [1.807, 2.05) is 24.3 Å². The van der Waals surface area contributed by atoms with Crippen LogP contribution in [0.1, 0.15) is 16.1 Å². The Morgan fingerprint density at radius 2 is 2.04 bits per heavy atom. The van der Waals surface area contributed by atoms with Crippen molar-refractivity contribution >= 4 is 33.8 Å². The van der Waals surface area contributed by atoms with E-state index in [0.717, 1.165) is 5.69 Å². The molecule has 0 fully saturated rings. The van der Waals surface area contributed by atoms with Gasteiger partial charge in [0.15, 0.2) is 16.6 Å². The van der Waals surface area contributed by atoms with Gasteiger partial charge in [0.05, 0.1) is 11.6 Å². The molecule has 0 aliphatic carbocycles. The van der Waals surface area contributed by atoms with Gasteiger partial charge in [-0.2, -0.15) is 5.26 Å². The Bertz CT molecular complexity index is 1030. The largest absolute Gasteiger partial charge is 0.454 e. The zero-order valence-electron chi connectivity index (χ0n) is 13.4. The number of anilines is 3. The van der Waals surface area contributed by atoms with Crippen LogP contribution in [0.5, 0.6) is 11.5 Å². The van der Waals surface area contributed by atoms with Crippen LogP contribution in [0.25, 0.3) is 0 Å². The highest BCUT2D eigenvalue weighted by atomic mass is 32.1. The van der Waals surface area contributed by atoms with Crippen LogP contribution in [0.15, 0.2) is 47.8 Å². The first-order valence-electron chi connectivity index (χ1n) is 7.65. The summed E-state index contributed by atoms with van der Waals surface area (Å²) in [5, 5.41) is 17.0. The number of nitrogens with zero attached hydrogens (tertiary/aromatic N) is 2. The standard InChI is InChI=1S/C18H12N4O3S/c19-8-11-2-1-3-12(6-11)20-17(23)14-9-26-18(22-14)21-13-4-5-15-16(7-13)25-10-24-15/h1-7,9H,10H2,(H,20,23)(H,21,22). The van der Waals surface area contributed by atoms with Gasteiger partial charge in [0.2, 0.25) is 6.79 Å². The lowest BCUT2D eigenvalue weighted by atomic mass is 10.2. The van der Waals surface area contributed by atoms with Crippen molar-refractivity contribution in [2.45, 2.75) is 0 Å². The van der Waals surface area contributed by atoms with E-state index >= 15 is 0 Å². The molecule has 26 heavy (non-hydrogen) atoms. The van der Waals surface area contributed by atoms with Crippen molar-refractivity contribution in [1.82, 2.24) is 4.98 Å². The van der Waals surface area contributed by atoms with Crippen LogP contribution in [-0.4, -0.2) is 17.7 Å². The van der Waals surface area contributed by atoms with Gasteiger partial charge in [-0.25, -0.2) is 4.98 Å². The number of hydrogen-bond donors (Lipinski definition) is 2. The van der Waals surface area contributed by atoms with Crippen LogP contribution < -0.4 is 20.1 Å². The first-order chi connectivity index (χ1) is 12.7. The minimum absolute atomic E-state index is 0.216. The molecule has 8 heteroatoms. The normalized spacial score (nSPS) is 11.7. The van der Waals surface area contributed by atoms with Crippen molar-refractivity contribution in [1.29, 1.82) is 5.26 Å². The number of rotatable bonds is 4. The molecular weight excluding hydrogens is 352 g/mol. The van der Waals surface area contributed by atoms with E-state index in [0.29, 0.717) is 33.6 Å². The summed E-state index contributed by atoms with van der Waals surface area (Å²) >= 11 is 1.32. The van der Waals surface area contributed by atoms with Crippen LogP contribution in [0.4, 0.5) is 16.5 Å².